The first-order chi connectivity index (χ1) is 13.4. The Bertz CT molecular complexity index is 1070. The number of nitrogens with two attached hydrogens (primary N) is 1. The topological polar surface area (TPSA) is 104 Å². The van der Waals surface area contributed by atoms with Crippen LogP contribution in [0.25, 0.3) is 10.1 Å². The minimum absolute atomic E-state index is 0.0951. The third kappa shape index (κ3) is 3.36. The molecular weight excluding hydrogens is 398 g/mol. The number of amides is 2. The van der Waals surface area contributed by atoms with Crippen molar-refractivity contribution in [3.63, 3.8) is 0 Å². The van der Waals surface area contributed by atoms with Gasteiger partial charge in [-0.25, -0.2) is 4.98 Å². The molecule has 7 nitrogen and oxygen atoms in total. The predicted octanol–water partition coefficient (Wildman–Crippen LogP) is 2.54. The Hall–Kier alpha value is -2.49. The highest BCUT2D eigenvalue weighted by Gasteiger charge is 2.46. The van der Waals surface area contributed by atoms with Gasteiger partial charge in [0.05, 0.1) is 28.7 Å². The molecule has 146 valence electrons. The van der Waals surface area contributed by atoms with Gasteiger partial charge in [-0.05, 0) is 32.0 Å². The SMILES string of the molecule is Cc1ncc(COc2ccc3sc(C)c(C(=O)NC4(C(N)=O)COC4)c3c2)s1. The Morgan fingerprint density at radius 3 is 2.71 bits per heavy atom. The summed E-state index contributed by atoms with van der Waals surface area (Å²) in [5.41, 5.74) is 4.86. The van der Waals surface area contributed by atoms with Crippen LogP contribution < -0.4 is 15.8 Å². The van der Waals surface area contributed by atoms with E-state index in [0.29, 0.717) is 17.9 Å². The first kappa shape index (κ1) is 18.9. The van der Waals surface area contributed by atoms with E-state index in [-0.39, 0.29) is 19.1 Å². The molecule has 1 aliphatic heterocycles. The molecule has 3 heterocycles. The standard InChI is InChI=1S/C19H19N3O4S2/c1-10-16(17(23)22-19(18(20)24)8-25-9-19)14-5-12(3-4-15(14)27-10)26-7-13-6-21-11(2)28-13/h3-6H,7-9H2,1-2H3,(H2,20,24)(H,22,23). The smallest absolute Gasteiger partial charge is 0.254 e. The molecule has 4 rings (SSSR count). The second kappa shape index (κ2) is 7.16. The lowest BCUT2D eigenvalue weighted by atomic mass is 9.95. The molecule has 3 N–H and O–H groups in total. The number of carbonyl (C=O) groups is 2. The number of thiazole rings is 1. The Kier molecular flexibility index (Phi) is 4.82. The largest absolute Gasteiger partial charge is 0.488 e. The first-order valence-corrected chi connectivity index (χ1v) is 10.3. The maximum atomic E-state index is 12.9. The van der Waals surface area contributed by atoms with E-state index in [4.69, 9.17) is 15.2 Å². The van der Waals surface area contributed by atoms with Crippen LogP contribution in [-0.2, 0) is 16.1 Å². The summed E-state index contributed by atoms with van der Waals surface area (Å²) in [6.07, 6.45) is 1.80. The number of carbonyl (C=O) groups excluding carboxylic acids is 2. The van der Waals surface area contributed by atoms with Gasteiger partial charge >= 0.3 is 0 Å². The van der Waals surface area contributed by atoms with Gasteiger partial charge in [-0.1, -0.05) is 0 Å². The summed E-state index contributed by atoms with van der Waals surface area (Å²) in [5.74, 6) is -0.253. The molecule has 0 aliphatic carbocycles. The van der Waals surface area contributed by atoms with E-state index in [9.17, 15) is 9.59 Å². The molecule has 9 heteroatoms. The number of ether oxygens (including phenoxy) is 2. The number of hydrogen-bond donors (Lipinski definition) is 2. The van der Waals surface area contributed by atoms with E-state index in [1.54, 1.807) is 17.5 Å². The average molecular weight is 418 g/mol. The highest BCUT2D eigenvalue weighted by molar-refractivity contribution is 7.19. The molecule has 1 aliphatic rings. The molecular formula is C19H19N3O4S2. The second-order valence-electron chi connectivity index (χ2n) is 6.72. The Morgan fingerprint density at radius 1 is 1.32 bits per heavy atom. The molecule has 1 saturated heterocycles. The molecule has 0 unspecified atom stereocenters. The van der Waals surface area contributed by atoms with Crippen molar-refractivity contribution >= 4 is 44.6 Å². The van der Waals surface area contributed by atoms with Gasteiger partial charge in [0.2, 0.25) is 5.91 Å². The summed E-state index contributed by atoms with van der Waals surface area (Å²) in [6, 6.07) is 5.68. The maximum Gasteiger partial charge on any atom is 0.254 e. The normalized spacial score (nSPS) is 15.2. The number of hydrogen-bond acceptors (Lipinski definition) is 7. The lowest BCUT2D eigenvalue weighted by molar-refractivity contribution is -0.143. The Balaban J connectivity index is 1.60. The van der Waals surface area contributed by atoms with Crippen molar-refractivity contribution in [3.8, 4) is 5.75 Å². The average Bonchev–Trinajstić information content (AvgIpc) is 3.17. The second-order valence-corrected chi connectivity index (χ2v) is 9.29. The lowest BCUT2D eigenvalue weighted by Crippen LogP contribution is -2.69. The quantitative estimate of drug-likeness (QED) is 0.641. The number of rotatable bonds is 6. The van der Waals surface area contributed by atoms with Gasteiger partial charge in [0.1, 0.15) is 12.4 Å². The highest BCUT2D eigenvalue weighted by Crippen LogP contribution is 2.34. The summed E-state index contributed by atoms with van der Waals surface area (Å²) in [5, 5.41) is 4.55. The summed E-state index contributed by atoms with van der Waals surface area (Å²) in [6.45, 7) is 4.44. The van der Waals surface area contributed by atoms with Crippen molar-refractivity contribution < 1.29 is 19.1 Å². The third-order valence-corrected chi connectivity index (χ3v) is 6.61. The van der Waals surface area contributed by atoms with Gasteiger partial charge in [-0.3, -0.25) is 9.59 Å². The van der Waals surface area contributed by atoms with E-state index in [1.165, 1.54) is 11.3 Å². The Labute approximate surface area is 169 Å². The molecule has 0 spiro atoms. The van der Waals surface area contributed by atoms with Crippen LogP contribution in [0, 0.1) is 13.8 Å². The van der Waals surface area contributed by atoms with E-state index < -0.39 is 11.4 Å². The molecule has 1 aromatic carbocycles. The minimum Gasteiger partial charge on any atom is -0.488 e. The van der Waals surface area contributed by atoms with Gasteiger partial charge < -0.3 is 20.5 Å². The molecule has 28 heavy (non-hydrogen) atoms. The van der Waals surface area contributed by atoms with Crippen LogP contribution in [0.4, 0.5) is 0 Å². The summed E-state index contributed by atoms with van der Waals surface area (Å²) < 4.78 is 11.9. The van der Waals surface area contributed by atoms with Crippen LogP contribution >= 0.6 is 22.7 Å². The van der Waals surface area contributed by atoms with Gasteiger partial charge in [-0.2, -0.15) is 0 Å². The van der Waals surface area contributed by atoms with Crippen molar-refractivity contribution in [2.24, 2.45) is 5.73 Å². The summed E-state index contributed by atoms with van der Waals surface area (Å²) in [7, 11) is 0. The number of fused-ring (bicyclic) bond motifs is 1. The van der Waals surface area contributed by atoms with E-state index in [0.717, 1.165) is 24.8 Å². The zero-order valence-corrected chi connectivity index (χ0v) is 17.0. The zero-order chi connectivity index (χ0) is 19.9. The van der Waals surface area contributed by atoms with Crippen molar-refractivity contribution in [3.05, 3.63) is 44.7 Å². The maximum absolute atomic E-state index is 12.9. The molecule has 0 atom stereocenters. The fourth-order valence-corrected chi connectivity index (χ4v) is 4.81. The van der Waals surface area contributed by atoms with Crippen molar-refractivity contribution in [1.82, 2.24) is 10.3 Å². The molecule has 0 saturated carbocycles. The monoisotopic (exact) mass is 417 g/mol. The molecule has 0 radical (unpaired) electrons. The van der Waals surface area contributed by atoms with Crippen LogP contribution in [0.1, 0.15) is 25.1 Å². The van der Waals surface area contributed by atoms with Crippen molar-refractivity contribution in [2.75, 3.05) is 13.2 Å². The van der Waals surface area contributed by atoms with E-state index in [1.807, 2.05) is 32.0 Å². The first-order valence-electron chi connectivity index (χ1n) is 8.65. The lowest BCUT2D eigenvalue weighted by Gasteiger charge is -2.38. The number of benzene rings is 1. The number of thiophene rings is 1. The van der Waals surface area contributed by atoms with Gasteiger partial charge in [0.25, 0.3) is 5.91 Å². The number of aryl methyl sites for hydroxylation is 2. The fourth-order valence-electron chi connectivity index (χ4n) is 3.06. The van der Waals surface area contributed by atoms with Crippen molar-refractivity contribution in [1.29, 1.82) is 0 Å². The van der Waals surface area contributed by atoms with Crippen LogP contribution in [0.15, 0.2) is 24.4 Å². The molecule has 0 bridgehead atoms. The van der Waals surface area contributed by atoms with Gasteiger partial charge in [-0.15, -0.1) is 22.7 Å². The van der Waals surface area contributed by atoms with Gasteiger partial charge in [0.15, 0.2) is 5.54 Å². The van der Waals surface area contributed by atoms with Gasteiger partial charge in [0, 0.05) is 21.2 Å². The zero-order valence-electron chi connectivity index (χ0n) is 15.4. The third-order valence-electron chi connectivity index (χ3n) is 4.63. The van der Waals surface area contributed by atoms with Crippen LogP contribution in [-0.4, -0.2) is 35.6 Å². The Morgan fingerprint density at radius 2 is 2.11 bits per heavy atom. The fraction of sp³-hybridized carbons (Fsp3) is 0.316. The molecule has 3 aromatic rings. The number of nitrogens with one attached hydrogen (secondary N) is 1. The molecule has 2 aromatic heterocycles. The predicted molar refractivity (Wildman–Crippen MR) is 108 cm³/mol. The summed E-state index contributed by atoms with van der Waals surface area (Å²) >= 11 is 3.11. The van der Waals surface area contributed by atoms with E-state index >= 15 is 0 Å². The summed E-state index contributed by atoms with van der Waals surface area (Å²) in [4.78, 5) is 30.8. The molecule has 2 amide bonds. The van der Waals surface area contributed by atoms with E-state index in [2.05, 4.69) is 10.3 Å². The van der Waals surface area contributed by atoms with Crippen molar-refractivity contribution in [2.45, 2.75) is 26.0 Å². The number of primary amides is 1. The van der Waals surface area contributed by atoms with Crippen LogP contribution in [0.3, 0.4) is 0 Å². The van der Waals surface area contributed by atoms with Crippen LogP contribution in [0.2, 0.25) is 0 Å². The number of nitrogens with zero attached hydrogens (tertiary/aromatic N) is 1. The highest BCUT2D eigenvalue weighted by atomic mass is 32.1. The molecule has 1 fully saturated rings. The minimum atomic E-state index is -1.13. The van der Waals surface area contributed by atoms with Crippen LogP contribution in [0.5, 0.6) is 5.75 Å². The number of aromatic nitrogens is 1.